The van der Waals surface area contributed by atoms with Gasteiger partial charge in [0.25, 0.3) is 0 Å². The maximum atomic E-state index is 12.4. The fourth-order valence-corrected chi connectivity index (χ4v) is 3.29. The number of carbonyl (C=O) groups is 1. The van der Waals surface area contributed by atoms with Gasteiger partial charge < -0.3 is 10.1 Å². The van der Waals surface area contributed by atoms with Gasteiger partial charge in [-0.25, -0.2) is 9.97 Å². The third-order valence-corrected chi connectivity index (χ3v) is 4.58. The van der Waals surface area contributed by atoms with Crippen LogP contribution < -0.4 is 15.0 Å². The number of hydrogen-bond acceptors (Lipinski definition) is 6. The van der Waals surface area contributed by atoms with Gasteiger partial charge >= 0.3 is 5.91 Å². The Hall–Kier alpha value is -4.10. The van der Waals surface area contributed by atoms with Crippen LogP contribution in [0.3, 0.4) is 0 Å². The normalized spacial score (nSPS) is 12.2. The van der Waals surface area contributed by atoms with E-state index in [1.807, 2.05) is 30.3 Å². The molecule has 3 aromatic rings. The first kappa shape index (κ1) is 18.3. The largest absolute Gasteiger partial charge is 0.489 e. The Kier molecular flexibility index (Phi) is 4.96. The van der Waals surface area contributed by atoms with Crippen LogP contribution >= 0.6 is 0 Å². The minimum atomic E-state index is -0.268. The zero-order valence-electron chi connectivity index (χ0n) is 15.8. The zero-order chi connectivity index (χ0) is 20.2. The first-order chi connectivity index (χ1) is 14.2. The molecule has 1 aliphatic heterocycles. The fraction of sp³-hybridized carbons (Fsp3) is 0.182. The van der Waals surface area contributed by atoms with Crippen molar-refractivity contribution >= 4 is 28.3 Å². The number of hydrogen-bond donors (Lipinski definition) is 1. The van der Waals surface area contributed by atoms with Gasteiger partial charge in [-0.05, 0) is 42.7 Å². The number of nitrogens with one attached hydrogen (secondary N) is 1. The first-order valence-corrected chi connectivity index (χ1v) is 9.09. The summed E-state index contributed by atoms with van der Waals surface area (Å²) in [6.07, 6.45) is 1.48. The number of ether oxygens (including phenoxy) is 1. The van der Waals surface area contributed by atoms with Crippen molar-refractivity contribution < 1.29 is 9.53 Å². The van der Waals surface area contributed by atoms with Gasteiger partial charge in [0.1, 0.15) is 18.8 Å². The lowest BCUT2D eigenvalue weighted by molar-refractivity contribution is -0.113. The summed E-state index contributed by atoms with van der Waals surface area (Å²) in [5, 5.41) is 13.1. The molecule has 1 amide bonds. The summed E-state index contributed by atoms with van der Waals surface area (Å²) in [5.74, 6) is 6.13. The van der Waals surface area contributed by atoms with E-state index in [4.69, 9.17) is 10.00 Å². The lowest BCUT2D eigenvalue weighted by atomic mass is 10.1. The van der Waals surface area contributed by atoms with Crippen LogP contribution in [0.2, 0.25) is 0 Å². The molecule has 7 nitrogen and oxygen atoms in total. The van der Waals surface area contributed by atoms with E-state index in [0.717, 1.165) is 5.56 Å². The third-order valence-electron chi connectivity index (χ3n) is 4.58. The number of aromatic nitrogens is 2. The molecule has 1 aliphatic rings. The second-order valence-corrected chi connectivity index (χ2v) is 6.38. The lowest BCUT2D eigenvalue weighted by Gasteiger charge is -2.29. The van der Waals surface area contributed by atoms with Crippen LogP contribution in [-0.4, -0.2) is 29.0 Å². The molecule has 142 valence electrons. The van der Waals surface area contributed by atoms with Crippen LogP contribution in [0.4, 0.5) is 11.5 Å². The molecule has 0 fully saturated rings. The molecule has 0 bridgehead atoms. The second-order valence-electron chi connectivity index (χ2n) is 6.38. The maximum absolute atomic E-state index is 12.4. The molecule has 2 aromatic carbocycles. The standard InChI is InChI=1S/C22H17N5O2/c1-2-4-19(28)27-9-10-29-21-18(27)8-7-17-20(21)22(26-14-25-17)24-13-16-6-3-5-15(11-16)12-23/h3,5-8,11,14H,9-10,13H2,1H3,(H,24,25,26). The second kappa shape index (κ2) is 7.87. The summed E-state index contributed by atoms with van der Waals surface area (Å²) in [6.45, 7) is 2.91. The van der Waals surface area contributed by atoms with E-state index in [-0.39, 0.29) is 5.91 Å². The monoisotopic (exact) mass is 383 g/mol. The van der Waals surface area contributed by atoms with E-state index < -0.39 is 0 Å². The number of carbonyl (C=O) groups excluding carboxylic acids is 1. The van der Waals surface area contributed by atoms with Gasteiger partial charge in [0.05, 0.1) is 34.8 Å². The van der Waals surface area contributed by atoms with Crippen molar-refractivity contribution in [2.24, 2.45) is 0 Å². The van der Waals surface area contributed by atoms with Crippen molar-refractivity contribution in [3.05, 3.63) is 53.9 Å². The van der Waals surface area contributed by atoms with Gasteiger partial charge in [-0.15, -0.1) is 0 Å². The molecule has 0 atom stereocenters. The molecular weight excluding hydrogens is 366 g/mol. The van der Waals surface area contributed by atoms with E-state index in [1.165, 1.54) is 6.33 Å². The van der Waals surface area contributed by atoms with E-state index in [9.17, 15) is 4.79 Å². The SMILES string of the molecule is CC#CC(=O)N1CCOc2c1ccc1ncnc(NCc3cccc(C#N)c3)c21. The average molecular weight is 383 g/mol. The number of rotatable bonds is 3. The number of benzene rings is 2. The average Bonchev–Trinajstić information content (AvgIpc) is 2.77. The van der Waals surface area contributed by atoms with Crippen LogP contribution in [0.25, 0.3) is 10.9 Å². The first-order valence-electron chi connectivity index (χ1n) is 9.09. The number of anilines is 2. The highest BCUT2D eigenvalue weighted by Crippen LogP contribution is 2.40. The molecular formula is C22H17N5O2. The molecule has 4 rings (SSSR count). The van der Waals surface area contributed by atoms with E-state index in [1.54, 1.807) is 17.9 Å². The van der Waals surface area contributed by atoms with Crippen LogP contribution in [0.1, 0.15) is 18.1 Å². The molecule has 1 N–H and O–H groups in total. The summed E-state index contributed by atoms with van der Waals surface area (Å²) in [6, 6.07) is 13.2. The summed E-state index contributed by atoms with van der Waals surface area (Å²) < 4.78 is 5.92. The predicted octanol–water partition coefficient (Wildman–Crippen LogP) is 2.86. The van der Waals surface area contributed by atoms with Crippen molar-refractivity contribution in [2.45, 2.75) is 13.5 Å². The van der Waals surface area contributed by atoms with Gasteiger partial charge in [0, 0.05) is 6.54 Å². The van der Waals surface area contributed by atoms with E-state index in [2.05, 4.69) is 33.2 Å². The number of fused-ring (bicyclic) bond motifs is 3. The fourth-order valence-electron chi connectivity index (χ4n) is 3.29. The lowest BCUT2D eigenvalue weighted by Crippen LogP contribution is -2.37. The van der Waals surface area contributed by atoms with Gasteiger partial charge in [-0.2, -0.15) is 5.26 Å². The minimum Gasteiger partial charge on any atom is -0.489 e. The van der Waals surface area contributed by atoms with Crippen molar-refractivity contribution in [3.63, 3.8) is 0 Å². The molecule has 0 radical (unpaired) electrons. The Bertz CT molecular complexity index is 1200. The molecule has 0 unspecified atom stereocenters. The highest BCUT2D eigenvalue weighted by Gasteiger charge is 2.26. The molecule has 0 saturated heterocycles. The highest BCUT2D eigenvalue weighted by atomic mass is 16.5. The Morgan fingerprint density at radius 2 is 2.21 bits per heavy atom. The molecule has 7 heteroatoms. The Balaban J connectivity index is 1.73. The number of nitrogens with zero attached hydrogens (tertiary/aromatic N) is 4. The molecule has 29 heavy (non-hydrogen) atoms. The third kappa shape index (κ3) is 3.54. The quantitative estimate of drug-likeness (QED) is 0.700. The molecule has 1 aromatic heterocycles. The molecule has 0 spiro atoms. The van der Waals surface area contributed by atoms with Crippen molar-refractivity contribution in [3.8, 4) is 23.7 Å². The maximum Gasteiger partial charge on any atom is 0.303 e. The number of nitriles is 1. The summed E-state index contributed by atoms with van der Waals surface area (Å²) in [7, 11) is 0. The predicted molar refractivity (Wildman–Crippen MR) is 109 cm³/mol. The van der Waals surface area contributed by atoms with Crippen molar-refractivity contribution in [1.29, 1.82) is 5.26 Å². The highest BCUT2D eigenvalue weighted by molar-refractivity contribution is 6.10. The van der Waals surface area contributed by atoms with Gasteiger partial charge in [-0.3, -0.25) is 9.69 Å². The minimum absolute atomic E-state index is 0.268. The molecule has 0 saturated carbocycles. The van der Waals surface area contributed by atoms with Crippen molar-refractivity contribution in [2.75, 3.05) is 23.4 Å². The van der Waals surface area contributed by atoms with E-state index in [0.29, 0.717) is 53.4 Å². The molecule has 0 aliphatic carbocycles. The van der Waals surface area contributed by atoms with Gasteiger partial charge in [0.15, 0.2) is 5.75 Å². The summed E-state index contributed by atoms with van der Waals surface area (Å²) >= 11 is 0. The van der Waals surface area contributed by atoms with Crippen molar-refractivity contribution in [1.82, 2.24) is 9.97 Å². The van der Waals surface area contributed by atoms with Crippen LogP contribution in [0, 0.1) is 23.2 Å². The van der Waals surface area contributed by atoms with E-state index >= 15 is 0 Å². The Morgan fingerprint density at radius 1 is 1.31 bits per heavy atom. The summed E-state index contributed by atoms with van der Waals surface area (Å²) in [5.41, 5.74) is 2.92. The summed E-state index contributed by atoms with van der Waals surface area (Å²) in [4.78, 5) is 22.7. The zero-order valence-corrected chi connectivity index (χ0v) is 15.8. The topological polar surface area (TPSA) is 91.1 Å². The van der Waals surface area contributed by atoms with Crippen LogP contribution in [-0.2, 0) is 11.3 Å². The Morgan fingerprint density at radius 3 is 3.03 bits per heavy atom. The van der Waals surface area contributed by atoms with Gasteiger partial charge in [0.2, 0.25) is 0 Å². The smallest absolute Gasteiger partial charge is 0.303 e. The Labute approximate surface area is 167 Å². The molecule has 2 heterocycles. The van der Waals surface area contributed by atoms with Crippen LogP contribution in [0.15, 0.2) is 42.7 Å². The van der Waals surface area contributed by atoms with Crippen LogP contribution in [0.5, 0.6) is 5.75 Å². The van der Waals surface area contributed by atoms with Gasteiger partial charge in [-0.1, -0.05) is 18.1 Å². The number of amides is 1.